The van der Waals surface area contributed by atoms with Gasteiger partial charge < -0.3 is 4.74 Å². The SMILES string of the molecule is CC1(Cc2ccc(C(C)(C)C)cc2)COC1. The van der Waals surface area contributed by atoms with E-state index in [1.54, 1.807) is 0 Å². The van der Waals surface area contributed by atoms with Crippen molar-refractivity contribution in [3.63, 3.8) is 0 Å². The maximum absolute atomic E-state index is 5.29. The normalized spacial score (nSPS) is 19.2. The van der Waals surface area contributed by atoms with Crippen LogP contribution in [-0.2, 0) is 16.6 Å². The van der Waals surface area contributed by atoms with E-state index in [4.69, 9.17) is 4.74 Å². The molecule has 0 amide bonds. The molecule has 2 rings (SSSR count). The van der Waals surface area contributed by atoms with Crippen molar-refractivity contribution in [2.24, 2.45) is 5.41 Å². The van der Waals surface area contributed by atoms with Gasteiger partial charge in [-0.25, -0.2) is 0 Å². The standard InChI is InChI=1S/C15H22O/c1-14(2,3)13-7-5-12(6-8-13)9-15(4)10-16-11-15/h5-8H,9-11H2,1-4H3. The van der Waals surface area contributed by atoms with Crippen molar-refractivity contribution >= 4 is 0 Å². The van der Waals surface area contributed by atoms with Gasteiger partial charge in [-0.2, -0.15) is 0 Å². The summed E-state index contributed by atoms with van der Waals surface area (Å²) in [5.41, 5.74) is 3.47. The van der Waals surface area contributed by atoms with Gasteiger partial charge in [-0.1, -0.05) is 52.0 Å². The third-order valence-corrected chi connectivity index (χ3v) is 3.35. The van der Waals surface area contributed by atoms with Crippen LogP contribution < -0.4 is 0 Å². The minimum absolute atomic E-state index is 0.252. The average Bonchev–Trinajstić information content (AvgIpc) is 2.15. The molecule has 1 aromatic carbocycles. The van der Waals surface area contributed by atoms with E-state index < -0.39 is 0 Å². The van der Waals surface area contributed by atoms with Gasteiger partial charge in [0.15, 0.2) is 0 Å². The first-order valence-electron chi connectivity index (χ1n) is 6.06. The highest BCUT2D eigenvalue weighted by Crippen LogP contribution is 2.31. The monoisotopic (exact) mass is 218 g/mol. The smallest absolute Gasteiger partial charge is 0.0545 e. The number of rotatable bonds is 2. The third-order valence-electron chi connectivity index (χ3n) is 3.35. The van der Waals surface area contributed by atoms with Gasteiger partial charge in [0.25, 0.3) is 0 Å². The van der Waals surface area contributed by atoms with Crippen molar-refractivity contribution in [1.29, 1.82) is 0 Å². The molecule has 1 heterocycles. The van der Waals surface area contributed by atoms with Gasteiger partial charge >= 0.3 is 0 Å². The van der Waals surface area contributed by atoms with E-state index in [2.05, 4.69) is 52.0 Å². The minimum Gasteiger partial charge on any atom is -0.380 e. The Hall–Kier alpha value is -0.820. The van der Waals surface area contributed by atoms with Crippen molar-refractivity contribution in [3.05, 3.63) is 35.4 Å². The molecule has 1 heteroatoms. The van der Waals surface area contributed by atoms with Gasteiger partial charge in [-0.15, -0.1) is 0 Å². The lowest BCUT2D eigenvalue weighted by Crippen LogP contribution is -2.41. The molecule has 0 aromatic heterocycles. The molecule has 1 fully saturated rings. The Morgan fingerprint density at radius 2 is 1.69 bits per heavy atom. The Labute approximate surface area is 98.8 Å². The van der Waals surface area contributed by atoms with Crippen molar-refractivity contribution in [2.45, 2.75) is 39.5 Å². The van der Waals surface area contributed by atoms with Crippen LogP contribution >= 0.6 is 0 Å². The first kappa shape index (κ1) is 11.7. The summed E-state index contributed by atoms with van der Waals surface area (Å²) in [6.07, 6.45) is 1.14. The molecular weight excluding hydrogens is 196 g/mol. The van der Waals surface area contributed by atoms with E-state index >= 15 is 0 Å². The molecular formula is C15H22O. The maximum atomic E-state index is 5.29. The zero-order valence-corrected chi connectivity index (χ0v) is 10.8. The number of hydrogen-bond donors (Lipinski definition) is 0. The van der Waals surface area contributed by atoms with Crippen LogP contribution in [0.1, 0.15) is 38.8 Å². The largest absolute Gasteiger partial charge is 0.380 e. The predicted octanol–water partition coefficient (Wildman–Crippen LogP) is 3.56. The Morgan fingerprint density at radius 3 is 2.06 bits per heavy atom. The second-order valence-corrected chi connectivity index (χ2v) is 6.43. The third kappa shape index (κ3) is 2.46. The zero-order chi connectivity index (χ0) is 11.8. The maximum Gasteiger partial charge on any atom is 0.0545 e. The molecule has 0 unspecified atom stereocenters. The zero-order valence-electron chi connectivity index (χ0n) is 10.8. The molecule has 0 spiro atoms. The summed E-state index contributed by atoms with van der Waals surface area (Å²) in [5.74, 6) is 0. The van der Waals surface area contributed by atoms with Crippen LogP contribution in [0, 0.1) is 5.41 Å². The number of hydrogen-bond acceptors (Lipinski definition) is 1. The molecule has 0 bridgehead atoms. The molecule has 1 aliphatic heterocycles. The van der Waals surface area contributed by atoms with E-state index in [1.165, 1.54) is 11.1 Å². The van der Waals surface area contributed by atoms with E-state index in [0.717, 1.165) is 19.6 Å². The fraction of sp³-hybridized carbons (Fsp3) is 0.600. The van der Waals surface area contributed by atoms with Crippen LogP contribution in [0.3, 0.4) is 0 Å². The van der Waals surface area contributed by atoms with Crippen LogP contribution in [0.2, 0.25) is 0 Å². The van der Waals surface area contributed by atoms with E-state index in [-0.39, 0.29) is 5.41 Å². The fourth-order valence-corrected chi connectivity index (χ4v) is 2.17. The molecule has 1 aliphatic rings. The summed E-state index contributed by atoms with van der Waals surface area (Å²) >= 11 is 0. The van der Waals surface area contributed by atoms with Gasteiger partial charge in [0.2, 0.25) is 0 Å². The summed E-state index contributed by atoms with van der Waals surface area (Å²) in [6, 6.07) is 9.06. The number of ether oxygens (including phenoxy) is 1. The van der Waals surface area contributed by atoms with Crippen molar-refractivity contribution in [1.82, 2.24) is 0 Å². The van der Waals surface area contributed by atoms with Crippen molar-refractivity contribution < 1.29 is 4.74 Å². The van der Waals surface area contributed by atoms with E-state index in [1.807, 2.05) is 0 Å². The van der Waals surface area contributed by atoms with Crippen LogP contribution in [0.4, 0.5) is 0 Å². The van der Waals surface area contributed by atoms with Gasteiger partial charge in [-0.3, -0.25) is 0 Å². The predicted molar refractivity (Wildman–Crippen MR) is 67.8 cm³/mol. The van der Waals surface area contributed by atoms with Crippen LogP contribution in [0.25, 0.3) is 0 Å². The molecule has 0 radical (unpaired) electrons. The second-order valence-electron chi connectivity index (χ2n) is 6.43. The van der Waals surface area contributed by atoms with Crippen molar-refractivity contribution in [3.8, 4) is 0 Å². The molecule has 0 saturated carbocycles. The Morgan fingerprint density at radius 1 is 1.12 bits per heavy atom. The van der Waals surface area contributed by atoms with E-state index in [9.17, 15) is 0 Å². The first-order valence-corrected chi connectivity index (χ1v) is 6.06. The Kier molecular flexibility index (Phi) is 2.83. The lowest BCUT2D eigenvalue weighted by Gasteiger charge is -2.38. The number of benzene rings is 1. The molecule has 0 aliphatic carbocycles. The van der Waals surface area contributed by atoms with E-state index in [0.29, 0.717) is 5.41 Å². The summed E-state index contributed by atoms with van der Waals surface area (Å²) in [4.78, 5) is 0. The average molecular weight is 218 g/mol. The van der Waals surface area contributed by atoms with Crippen LogP contribution in [0.15, 0.2) is 24.3 Å². The van der Waals surface area contributed by atoms with Gasteiger partial charge in [0.05, 0.1) is 13.2 Å². The molecule has 1 aromatic rings. The molecule has 16 heavy (non-hydrogen) atoms. The topological polar surface area (TPSA) is 9.23 Å². The lowest BCUT2D eigenvalue weighted by molar-refractivity contribution is -0.100. The van der Waals surface area contributed by atoms with Gasteiger partial charge in [-0.05, 0) is 23.0 Å². The van der Waals surface area contributed by atoms with Gasteiger partial charge in [0, 0.05) is 5.41 Å². The van der Waals surface area contributed by atoms with Gasteiger partial charge in [0.1, 0.15) is 0 Å². The van der Waals surface area contributed by atoms with Crippen LogP contribution in [-0.4, -0.2) is 13.2 Å². The molecule has 0 atom stereocenters. The second kappa shape index (κ2) is 3.89. The Balaban J connectivity index is 2.08. The Bertz CT molecular complexity index is 352. The quantitative estimate of drug-likeness (QED) is 0.737. The molecule has 1 saturated heterocycles. The fourth-order valence-electron chi connectivity index (χ4n) is 2.17. The minimum atomic E-state index is 0.252. The molecule has 1 nitrogen and oxygen atoms in total. The summed E-state index contributed by atoms with van der Waals surface area (Å²) in [6.45, 7) is 10.9. The lowest BCUT2D eigenvalue weighted by atomic mass is 9.80. The summed E-state index contributed by atoms with van der Waals surface area (Å²) in [5, 5.41) is 0. The highest BCUT2D eigenvalue weighted by atomic mass is 16.5. The highest BCUT2D eigenvalue weighted by molar-refractivity contribution is 5.28. The summed E-state index contributed by atoms with van der Waals surface area (Å²) < 4.78 is 5.29. The van der Waals surface area contributed by atoms with Crippen molar-refractivity contribution in [2.75, 3.05) is 13.2 Å². The molecule has 0 N–H and O–H groups in total. The highest BCUT2D eigenvalue weighted by Gasteiger charge is 2.33. The first-order chi connectivity index (χ1) is 7.39. The van der Waals surface area contributed by atoms with Crippen LogP contribution in [0.5, 0.6) is 0 Å². The summed E-state index contributed by atoms with van der Waals surface area (Å²) in [7, 11) is 0. The molecule has 88 valence electrons.